The molecule has 110 valence electrons. The van der Waals surface area contributed by atoms with Crippen molar-refractivity contribution < 1.29 is 14.0 Å². The summed E-state index contributed by atoms with van der Waals surface area (Å²) in [6.07, 6.45) is 1.78. The molecule has 0 bridgehead atoms. The standard InChI is InChI=1S/C16H20BNO3/c1-15(2)16(3,4)21-17(20-15)12-10-13-11(7-6-8-18-13)9-14(12)19-5/h6-10H,1-5H3. The minimum Gasteiger partial charge on any atom is -0.497 e. The number of rotatable bonds is 2. The van der Waals surface area contributed by atoms with Crippen LogP contribution in [0.3, 0.4) is 0 Å². The quantitative estimate of drug-likeness (QED) is 0.795. The van der Waals surface area contributed by atoms with Gasteiger partial charge in [0.1, 0.15) is 5.75 Å². The molecule has 2 aromatic rings. The van der Waals surface area contributed by atoms with E-state index in [-0.39, 0.29) is 11.2 Å². The molecule has 0 amide bonds. The minimum absolute atomic E-state index is 0.373. The molecule has 3 rings (SSSR count). The van der Waals surface area contributed by atoms with Gasteiger partial charge in [-0.15, -0.1) is 0 Å². The van der Waals surface area contributed by atoms with Crippen LogP contribution in [0.4, 0.5) is 0 Å². The summed E-state index contributed by atoms with van der Waals surface area (Å²) in [6.45, 7) is 8.16. The van der Waals surface area contributed by atoms with E-state index in [9.17, 15) is 0 Å². The molecule has 0 spiro atoms. The molecule has 21 heavy (non-hydrogen) atoms. The van der Waals surface area contributed by atoms with Gasteiger partial charge >= 0.3 is 7.12 Å². The fourth-order valence-electron chi connectivity index (χ4n) is 2.45. The lowest BCUT2D eigenvalue weighted by Gasteiger charge is -2.32. The van der Waals surface area contributed by atoms with Crippen LogP contribution in [-0.4, -0.2) is 30.4 Å². The Morgan fingerprint density at radius 1 is 1.10 bits per heavy atom. The number of aromatic nitrogens is 1. The molecule has 1 aromatic heterocycles. The summed E-state index contributed by atoms with van der Waals surface area (Å²) in [7, 11) is 1.21. The molecule has 1 aliphatic heterocycles. The molecular formula is C16H20BNO3. The van der Waals surface area contributed by atoms with Crippen LogP contribution in [0.2, 0.25) is 0 Å². The van der Waals surface area contributed by atoms with Crippen molar-refractivity contribution in [3.05, 3.63) is 30.5 Å². The maximum atomic E-state index is 6.11. The van der Waals surface area contributed by atoms with Crippen LogP contribution < -0.4 is 10.2 Å². The van der Waals surface area contributed by atoms with Crippen LogP contribution in [0, 0.1) is 0 Å². The second-order valence-electron chi connectivity index (χ2n) is 6.38. The highest BCUT2D eigenvalue weighted by molar-refractivity contribution is 6.63. The Labute approximate surface area is 125 Å². The predicted molar refractivity (Wildman–Crippen MR) is 84.0 cm³/mol. The maximum Gasteiger partial charge on any atom is 0.498 e. The highest BCUT2D eigenvalue weighted by Gasteiger charge is 2.52. The lowest BCUT2D eigenvalue weighted by molar-refractivity contribution is 0.00578. The van der Waals surface area contributed by atoms with Crippen molar-refractivity contribution in [1.29, 1.82) is 0 Å². The molecule has 1 aliphatic rings. The number of hydrogen-bond acceptors (Lipinski definition) is 4. The van der Waals surface area contributed by atoms with Crippen LogP contribution >= 0.6 is 0 Å². The molecule has 5 heteroatoms. The monoisotopic (exact) mass is 285 g/mol. The van der Waals surface area contributed by atoms with Crippen molar-refractivity contribution in [2.24, 2.45) is 0 Å². The summed E-state index contributed by atoms with van der Waals surface area (Å²) >= 11 is 0. The average Bonchev–Trinajstić information content (AvgIpc) is 2.66. The van der Waals surface area contributed by atoms with E-state index >= 15 is 0 Å². The first-order valence-electron chi connectivity index (χ1n) is 7.12. The van der Waals surface area contributed by atoms with Crippen molar-refractivity contribution in [2.45, 2.75) is 38.9 Å². The summed E-state index contributed by atoms with van der Waals surface area (Å²) in [5.41, 5.74) is 1.04. The molecule has 0 N–H and O–H groups in total. The minimum atomic E-state index is -0.448. The van der Waals surface area contributed by atoms with Crippen LogP contribution in [0.15, 0.2) is 30.5 Å². The van der Waals surface area contributed by atoms with Gasteiger partial charge in [0.25, 0.3) is 0 Å². The average molecular weight is 285 g/mol. The lowest BCUT2D eigenvalue weighted by Crippen LogP contribution is -2.41. The molecule has 1 saturated heterocycles. The van der Waals surface area contributed by atoms with Gasteiger partial charge in [0.05, 0.1) is 23.8 Å². The molecule has 0 aliphatic carbocycles. The fourth-order valence-corrected chi connectivity index (χ4v) is 2.45. The Balaban J connectivity index is 2.08. The summed E-state index contributed by atoms with van der Waals surface area (Å²) < 4.78 is 17.7. The van der Waals surface area contributed by atoms with E-state index in [0.29, 0.717) is 0 Å². The van der Waals surface area contributed by atoms with Gasteiger partial charge in [-0.2, -0.15) is 0 Å². The molecule has 1 fully saturated rings. The number of benzene rings is 1. The topological polar surface area (TPSA) is 40.6 Å². The van der Waals surface area contributed by atoms with Gasteiger partial charge in [-0.3, -0.25) is 4.98 Å². The highest BCUT2D eigenvalue weighted by Crippen LogP contribution is 2.37. The van der Waals surface area contributed by atoms with Crippen molar-refractivity contribution in [2.75, 3.05) is 7.11 Å². The van der Waals surface area contributed by atoms with E-state index in [4.69, 9.17) is 14.0 Å². The van der Waals surface area contributed by atoms with Crippen molar-refractivity contribution in [1.82, 2.24) is 4.98 Å². The third-order valence-corrected chi connectivity index (χ3v) is 4.46. The van der Waals surface area contributed by atoms with E-state index in [1.54, 1.807) is 13.3 Å². The first kappa shape index (κ1) is 14.4. The molecule has 0 radical (unpaired) electrons. The molecule has 0 atom stereocenters. The van der Waals surface area contributed by atoms with Gasteiger partial charge in [0.2, 0.25) is 0 Å². The summed E-state index contributed by atoms with van der Waals surface area (Å²) in [5, 5.41) is 1.04. The first-order chi connectivity index (χ1) is 9.84. The van der Waals surface area contributed by atoms with E-state index in [1.807, 2.05) is 52.0 Å². The lowest BCUT2D eigenvalue weighted by atomic mass is 9.78. The summed E-state index contributed by atoms with van der Waals surface area (Å²) in [4.78, 5) is 4.39. The number of nitrogens with zero attached hydrogens (tertiary/aromatic N) is 1. The first-order valence-corrected chi connectivity index (χ1v) is 7.12. The number of ether oxygens (including phenoxy) is 1. The second-order valence-corrected chi connectivity index (χ2v) is 6.38. The van der Waals surface area contributed by atoms with E-state index < -0.39 is 7.12 Å². The Morgan fingerprint density at radius 2 is 1.76 bits per heavy atom. The van der Waals surface area contributed by atoms with Gasteiger partial charge in [0.15, 0.2) is 0 Å². The normalized spacial score (nSPS) is 20.0. The Morgan fingerprint density at radius 3 is 2.38 bits per heavy atom. The third-order valence-electron chi connectivity index (χ3n) is 4.46. The zero-order valence-electron chi connectivity index (χ0n) is 13.1. The molecule has 1 aromatic carbocycles. The van der Waals surface area contributed by atoms with Crippen molar-refractivity contribution in [3.8, 4) is 5.75 Å². The predicted octanol–water partition coefficient (Wildman–Crippen LogP) is 2.54. The van der Waals surface area contributed by atoms with Gasteiger partial charge in [0, 0.05) is 17.0 Å². The zero-order valence-corrected chi connectivity index (χ0v) is 13.1. The molecule has 0 unspecified atom stereocenters. The summed E-state index contributed by atoms with van der Waals surface area (Å²) in [5.74, 6) is 0.758. The van der Waals surface area contributed by atoms with E-state index in [1.165, 1.54) is 0 Å². The molecule has 4 nitrogen and oxygen atoms in total. The largest absolute Gasteiger partial charge is 0.498 e. The number of hydrogen-bond donors (Lipinski definition) is 0. The number of methoxy groups -OCH3 is 1. The van der Waals surface area contributed by atoms with E-state index in [0.717, 1.165) is 22.1 Å². The Hall–Kier alpha value is -1.59. The van der Waals surface area contributed by atoms with Crippen molar-refractivity contribution in [3.63, 3.8) is 0 Å². The highest BCUT2D eigenvalue weighted by atomic mass is 16.7. The zero-order chi connectivity index (χ0) is 15.3. The number of fused-ring (bicyclic) bond motifs is 1. The third kappa shape index (κ3) is 2.30. The smallest absolute Gasteiger partial charge is 0.497 e. The maximum absolute atomic E-state index is 6.11. The van der Waals surface area contributed by atoms with Gasteiger partial charge in [-0.05, 0) is 45.9 Å². The SMILES string of the molecule is COc1cc2cccnc2cc1B1OC(C)(C)C(C)(C)O1. The van der Waals surface area contributed by atoms with Gasteiger partial charge in [-0.25, -0.2) is 0 Å². The molecule has 0 saturated carbocycles. The fraction of sp³-hybridized carbons (Fsp3) is 0.438. The van der Waals surface area contributed by atoms with Crippen LogP contribution in [-0.2, 0) is 9.31 Å². The Kier molecular flexibility index (Phi) is 3.22. The molecule has 2 heterocycles. The van der Waals surface area contributed by atoms with Crippen LogP contribution in [0.25, 0.3) is 10.9 Å². The van der Waals surface area contributed by atoms with Crippen molar-refractivity contribution >= 4 is 23.5 Å². The van der Waals surface area contributed by atoms with Crippen LogP contribution in [0.5, 0.6) is 5.75 Å². The summed E-state index contributed by atoms with van der Waals surface area (Å²) in [6, 6.07) is 7.88. The molecular weight excluding hydrogens is 265 g/mol. The van der Waals surface area contributed by atoms with Gasteiger partial charge < -0.3 is 14.0 Å². The van der Waals surface area contributed by atoms with Gasteiger partial charge in [-0.1, -0.05) is 6.07 Å². The van der Waals surface area contributed by atoms with Crippen LogP contribution in [0.1, 0.15) is 27.7 Å². The van der Waals surface area contributed by atoms with E-state index in [2.05, 4.69) is 4.98 Å². The number of pyridine rings is 1. The Bertz CT molecular complexity index is 668. The second kappa shape index (κ2) is 4.72.